The molecule has 0 aliphatic rings. The lowest BCUT2D eigenvalue weighted by molar-refractivity contribution is -0.120. The minimum atomic E-state index is -0.292. The minimum absolute atomic E-state index is 0.0680. The monoisotopic (exact) mass is 371 g/mol. The Bertz CT molecular complexity index is 907. The van der Waals surface area contributed by atoms with E-state index in [1.165, 1.54) is 23.9 Å². The Balaban J connectivity index is 1.70. The number of hydrogen-bond acceptors (Lipinski definition) is 3. The van der Waals surface area contributed by atoms with Gasteiger partial charge in [0.25, 0.3) is 0 Å². The topological polar surface area (TPSA) is 46.9 Å². The number of rotatable bonds is 6. The van der Waals surface area contributed by atoms with Gasteiger partial charge in [0.05, 0.1) is 22.3 Å². The predicted octanol–water partition coefficient (Wildman–Crippen LogP) is 4.55. The number of aromatic nitrogens is 2. The van der Waals surface area contributed by atoms with Gasteiger partial charge in [-0.05, 0) is 50.6 Å². The van der Waals surface area contributed by atoms with Gasteiger partial charge < -0.3 is 9.88 Å². The van der Waals surface area contributed by atoms with Crippen molar-refractivity contribution >= 4 is 28.7 Å². The average Bonchev–Trinajstić information content (AvgIpc) is 2.99. The third kappa shape index (κ3) is 3.90. The van der Waals surface area contributed by atoms with Gasteiger partial charge in [0.15, 0.2) is 5.16 Å². The first-order valence-corrected chi connectivity index (χ1v) is 9.55. The minimum Gasteiger partial charge on any atom is -0.349 e. The van der Waals surface area contributed by atoms with Crippen molar-refractivity contribution in [3.8, 4) is 0 Å². The van der Waals surface area contributed by atoms with E-state index < -0.39 is 0 Å². The van der Waals surface area contributed by atoms with Crippen molar-refractivity contribution in [2.45, 2.75) is 43.8 Å². The average molecular weight is 371 g/mol. The van der Waals surface area contributed by atoms with E-state index in [1.807, 2.05) is 38.1 Å². The first-order chi connectivity index (χ1) is 12.5. The molecule has 0 bridgehead atoms. The van der Waals surface area contributed by atoms with Crippen molar-refractivity contribution in [1.82, 2.24) is 14.9 Å². The highest BCUT2D eigenvalue weighted by molar-refractivity contribution is 8.00. The van der Waals surface area contributed by atoms with Gasteiger partial charge in [0, 0.05) is 6.54 Å². The molecular formula is C20H22FN3OS. The Kier molecular flexibility index (Phi) is 5.61. The van der Waals surface area contributed by atoms with E-state index in [2.05, 4.69) is 21.8 Å². The molecule has 2 unspecified atom stereocenters. The van der Waals surface area contributed by atoms with Gasteiger partial charge in [-0.1, -0.05) is 36.0 Å². The number of hydrogen-bond donors (Lipinski definition) is 1. The quantitative estimate of drug-likeness (QED) is 0.647. The molecule has 0 radical (unpaired) electrons. The van der Waals surface area contributed by atoms with Crippen molar-refractivity contribution in [1.29, 1.82) is 0 Å². The number of nitrogens with one attached hydrogen (secondary N) is 1. The molecule has 2 atom stereocenters. The van der Waals surface area contributed by atoms with Crippen LogP contribution in [-0.4, -0.2) is 20.7 Å². The Labute approximate surface area is 156 Å². The van der Waals surface area contributed by atoms with Crippen LogP contribution >= 0.6 is 11.8 Å². The number of aryl methyl sites for hydroxylation is 1. The summed E-state index contributed by atoms with van der Waals surface area (Å²) in [7, 11) is 0. The lowest BCUT2D eigenvalue weighted by atomic mass is 10.1. The van der Waals surface area contributed by atoms with Gasteiger partial charge in [0.2, 0.25) is 5.91 Å². The van der Waals surface area contributed by atoms with Crippen LogP contribution in [-0.2, 0) is 11.3 Å². The van der Waals surface area contributed by atoms with Crippen molar-refractivity contribution in [3.63, 3.8) is 0 Å². The summed E-state index contributed by atoms with van der Waals surface area (Å²) in [6, 6.07) is 14.0. The molecule has 1 aromatic heterocycles. The largest absolute Gasteiger partial charge is 0.349 e. The molecule has 0 aliphatic heterocycles. The van der Waals surface area contributed by atoms with Gasteiger partial charge in [0.1, 0.15) is 5.82 Å². The number of thioether (sulfide) groups is 1. The van der Waals surface area contributed by atoms with Crippen LogP contribution in [0.2, 0.25) is 0 Å². The van der Waals surface area contributed by atoms with Crippen molar-refractivity contribution < 1.29 is 9.18 Å². The standard InChI is InChI=1S/C20H22FN3OS/c1-4-24-18-8-6-5-7-17(18)23-20(24)26-14(3)19(25)22-13(2)15-9-11-16(21)12-10-15/h5-14H,4H2,1-3H3,(H,22,25). The fourth-order valence-electron chi connectivity index (χ4n) is 2.83. The van der Waals surface area contributed by atoms with E-state index >= 15 is 0 Å². The smallest absolute Gasteiger partial charge is 0.233 e. The van der Waals surface area contributed by atoms with Crippen molar-refractivity contribution in [2.24, 2.45) is 0 Å². The summed E-state index contributed by atoms with van der Waals surface area (Å²) in [5.74, 6) is -0.351. The second-order valence-electron chi connectivity index (χ2n) is 6.17. The third-order valence-corrected chi connectivity index (χ3v) is 5.41. The van der Waals surface area contributed by atoms with E-state index in [0.717, 1.165) is 28.3 Å². The molecule has 6 heteroatoms. The number of benzene rings is 2. The van der Waals surface area contributed by atoms with E-state index in [1.54, 1.807) is 12.1 Å². The van der Waals surface area contributed by atoms with Crippen LogP contribution in [0.25, 0.3) is 11.0 Å². The normalized spacial score (nSPS) is 13.5. The Morgan fingerprint density at radius 3 is 2.58 bits per heavy atom. The number of para-hydroxylation sites is 2. The number of amides is 1. The summed E-state index contributed by atoms with van der Waals surface area (Å²) >= 11 is 1.45. The number of imidazole rings is 1. The van der Waals surface area contributed by atoms with E-state index in [-0.39, 0.29) is 23.0 Å². The zero-order valence-corrected chi connectivity index (χ0v) is 15.9. The van der Waals surface area contributed by atoms with Gasteiger partial charge >= 0.3 is 0 Å². The summed E-state index contributed by atoms with van der Waals surface area (Å²) < 4.78 is 15.2. The molecule has 0 fully saturated rings. The molecule has 0 aliphatic carbocycles. The third-order valence-electron chi connectivity index (χ3n) is 4.32. The SMILES string of the molecule is CCn1c(SC(C)C(=O)NC(C)c2ccc(F)cc2)nc2ccccc21. The van der Waals surface area contributed by atoms with Gasteiger partial charge in [-0.15, -0.1) is 0 Å². The van der Waals surface area contributed by atoms with Crippen LogP contribution in [0.3, 0.4) is 0 Å². The molecule has 3 aromatic rings. The molecule has 0 saturated carbocycles. The number of halogens is 1. The maximum absolute atomic E-state index is 13.0. The zero-order valence-electron chi connectivity index (χ0n) is 15.1. The molecule has 0 spiro atoms. The molecule has 136 valence electrons. The molecule has 4 nitrogen and oxygen atoms in total. The molecule has 2 aromatic carbocycles. The van der Waals surface area contributed by atoms with Crippen LogP contribution in [0.5, 0.6) is 0 Å². The lowest BCUT2D eigenvalue weighted by Crippen LogP contribution is -2.33. The van der Waals surface area contributed by atoms with Crippen molar-refractivity contribution in [3.05, 3.63) is 59.9 Å². The summed E-state index contributed by atoms with van der Waals surface area (Å²) in [5, 5.41) is 3.53. The first-order valence-electron chi connectivity index (χ1n) is 8.67. The second kappa shape index (κ2) is 7.91. The maximum Gasteiger partial charge on any atom is 0.233 e. The number of fused-ring (bicyclic) bond motifs is 1. The fraction of sp³-hybridized carbons (Fsp3) is 0.300. The number of carbonyl (C=O) groups is 1. The molecule has 1 heterocycles. The maximum atomic E-state index is 13.0. The van der Waals surface area contributed by atoms with E-state index in [4.69, 9.17) is 0 Å². The summed E-state index contributed by atoms with van der Waals surface area (Å²) in [6.45, 7) is 6.63. The predicted molar refractivity (Wildman–Crippen MR) is 104 cm³/mol. The molecule has 1 N–H and O–H groups in total. The first kappa shape index (κ1) is 18.5. The molecule has 3 rings (SSSR count). The Hall–Kier alpha value is -2.34. The van der Waals surface area contributed by atoms with Crippen molar-refractivity contribution in [2.75, 3.05) is 0 Å². The van der Waals surface area contributed by atoms with Gasteiger partial charge in [-0.2, -0.15) is 0 Å². The lowest BCUT2D eigenvalue weighted by Gasteiger charge is -2.18. The van der Waals surface area contributed by atoms with Crippen LogP contribution in [0, 0.1) is 5.82 Å². The molecular weight excluding hydrogens is 349 g/mol. The summed E-state index contributed by atoms with van der Waals surface area (Å²) in [4.78, 5) is 17.2. The van der Waals surface area contributed by atoms with E-state index in [0.29, 0.717) is 0 Å². The van der Waals surface area contributed by atoms with Crippen LogP contribution in [0.4, 0.5) is 4.39 Å². The number of nitrogens with zero attached hydrogens (tertiary/aromatic N) is 2. The highest BCUT2D eigenvalue weighted by Gasteiger charge is 2.20. The summed E-state index contributed by atoms with van der Waals surface area (Å²) in [6.07, 6.45) is 0. The van der Waals surface area contributed by atoms with Crippen LogP contribution in [0.1, 0.15) is 32.4 Å². The summed E-state index contributed by atoms with van der Waals surface area (Å²) in [5.41, 5.74) is 2.88. The molecule has 1 amide bonds. The van der Waals surface area contributed by atoms with Gasteiger partial charge in [-0.25, -0.2) is 9.37 Å². The zero-order chi connectivity index (χ0) is 18.7. The fourth-order valence-corrected chi connectivity index (χ4v) is 3.82. The van der Waals surface area contributed by atoms with Crippen LogP contribution in [0.15, 0.2) is 53.7 Å². The molecule has 26 heavy (non-hydrogen) atoms. The highest BCUT2D eigenvalue weighted by atomic mass is 32.2. The Morgan fingerprint density at radius 2 is 1.88 bits per heavy atom. The molecule has 0 saturated heterocycles. The Morgan fingerprint density at radius 1 is 1.19 bits per heavy atom. The highest BCUT2D eigenvalue weighted by Crippen LogP contribution is 2.27. The number of carbonyl (C=O) groups excluding carboxylic acids is 1. The van der Waals surface area contributed by atoms with E-state index in [9.17, 15) is 9.18 Å². The van der Waals surface area contributed by atoms with Crippen LogP contribution < -0.4 is 5.32 Å². The van der Waals surface area contributed by atoms with Gasteiger partial charge in [-0.3, -0.25) is 4.79 Å². The second-order valence-corrected chi connectivity index (χ2v) is 7.48.